The summed E-state index contributed by atoms with van der Waals surface area (Å²) >= 11 is 11.9. The van der Waals surface area contributed by atoms with Crippen LogP contribution in [-0.2, 0) is 16.1 Å². The number of nitrogens with zero attached hydrogens (tertiary/aromatic N) is 2. The van der Waals surface area contributed by atoms with E-state index in [-0.39, 0.29) is 24.8 Å². The molecule has 7 heteroatoms. The van der Waals surface area contributed by atoms with Gasteiger partial charge in [0.05, 0.1) is 23.6 Å². The fourth-order valence-electron chi connectivity index (χ4n) is 2.10. The van der Waals surface area contributed by atoms with Crippen molar-refractivity contribution in [2.45, 2.75) is 13.0 Å². The summed E-state index contributed by atoms with van der Waals surface area (Å²) in [4.78, 5) is 29.8. The van der Waals surface area contributed by atoms with Gasteiger partial charge in [-0.25, -0.2) is 0 Å². The van der Waals surface area contributed by atoms with E-state index < -0.39 is 0 Å². The minimum atomic E-state index is -0.381. The van der Waals surface area contributed by atoms with E-state index in [9.17, 15) is 9.59 Å². The molecule has 2 rings (SSSR count). The number of rotatable bonds is 6. The minimum absolute atomic E-state index is 0.101. The predicted molar refractivity (Wildman–Crippen MR) is 92.1 cm³/mol. The van der Waals surface area contributed by atoms with Gasteiger partial charge in [-0.1, -0.05) is 29.3 Å². The normalized spacial score (nSPS) is 10.3. The van der Waals surface area contributed by atoms with E-state index in [2.05, 4.69) is 9.72 Å². The number of esters is 1. The number of aromatic nitrogens is 1. The van der Waals surface area contributed by atoms with Gasteiger partial charge in [-0.15, -0.1) is 0 Å². The van der Waals surface area contributed by atoms with Crippen LogP contribution < -0.4 is 0 Å². The number of hydrogen-bond donors (Lipinski definition) is 0. The first kappa shape index (κ1) is 18.2. The van der Waals surface area contributed by atoms with Gasteiger partial charge in [0.25, 0.3) is 5.91 Å². The van der Waals surface area contributed by atoms with Crippen molar-refractivity contribution in [3.63, 3.8) is 0 Å². The maximum Gasteiger partial charge on any atom is 0.307 e. The summed E-state index contributed by atoms with van der Waals surface area (Å²) in [6.07, 6.45) is 3.43. The number of methoxy groups -OCH3 is 1. The Labute approximate surface area is 150 Å². The van der Waals surface area contributed by atoms with Gasteiger partial charge in [0.1, 0.15) is 0 Å². The monoisotopic (exact) mass is 366 g/mol. The van der Waals surface area contributed by atoms with Gasteiger partial charge in [-0.3, -0.25) is 14.6 Å². The fraction of sp³-hybridized carbons (Fsp3) is 0.235. The molecule has 1 aromatic carbocycles. The van der Waals surface area contributed by atoms with Crippen LogP contribution >= 0.6 is 23.2 Å². The van der Waals surface area contributed by atoms with E-state index in [1.54, 1.807) is 35.5 Å². The molecular weight excluding hydrogens is 351 g/mol. The molecule has 0 radical (unpaired) electrons. The van der Waals surface area contributed by atoms with Gasteiger partial charge in [0.15, 0.2) is 0 Å². The molecule has 0 bridgehead atoms. The third kappa shape index (κ3) is 4.94. The molecule has 1 amide bonds. The first-order valence-corrected chi connectivity index (χ1v) is 7.97. The summed E-state index contributed by atoms with van der Waals surface area (Å²) in [6, 6.07) is 8.34. The first-order valence-electron chi connectivity index (χ1n) is 7.21. The number of ether oxygens (including phenoxy) is 1. The Morgan fingerprint density at radius 1 is 1.21 bits per heavy atom. The molecule has 0 N–H and O–H groups in total. The van der Waals surface area contributed by atoms with Crippen LogP contribution in [0.15, 0.2) is 42.7 Å². The van der Waals surface area contributed by atoms with E-state index in [1.165, 1.54) is 13.2 Å². The Morgan fingerprint density at radius 2 is 2.00 bits per heavy atom. The Bertz CT molecular complexity index is 723. The van der Waals surface area contributed by atoms with Crippen molar-refractivity contribution in [1.29, 1.82) is 0 Å². The minimum Gasteiger partial charge on any atom is -0.469 e. The van der Waals surface area contributed by atoms with Crippen LogP contribution in [0.2, 0.25) is 10.0 Å². The van der Waals surface area contributed by atoms with Gasteiger partial charge in [-0.05, 0) is 29.8 Å². The number of carbonyl (C=O) groups is 2. The summed E-state index contributed by atoms with van der Waals surface area (Å²) in [5.41, 5.74) is 1.26. The van der Waals surface area contributed by atoms with Crippen LogP contribution in [0.1, 0.15) is 22.3 Å². The van der Waals surface area contributed by atoms with Gasteiger partial charge in [0.2, 0.25) is 0 Å². The van der Waals surface area contributed by atoms with E-state index in [4.69, 9.17) is 23.2 Å². The lowest BCUT2D eigenvalue weighted by Gasteiger charge is -2.22. The number of halogens is 2. The molecular formula is C17H16Cl2N2O3. The van der Waals surface area contributed by atoms with Gasteiger partial charge in [0, 0.05) is 31.0 Å². The lowest BCUT2D eigenvalue weighted by molar-refractivity contribution is -0.140. The molecule has 126 valence electrons. The van der Waals surface area contributed by atoms with Crippen LogP contribution in [0.4, 0.5) is 0 Å². The molecule has 0 fully saturated rings. The van der Waals surface area contributed by atoms with Crippen LogP contribution in [0, 0.1) is 0 Å². The maximum absolute atomic E-state index is 12.8. The maximum atomic E-state index is 12.8. The topological polar surface area (TPSA) is 59.5 Å². The molecule has 0 aliphatic carbocycles. The highest BCUT2D eigenvalue weighted by molar-refractivity contribution is 6.42. The molecule has 0 aliphatic rings. The Kier molecular flexibility index (Phi) is 6.58. The Balaban J connectivity index is 2.20. The van der Waals surface area contributed by atoms with Crippen LogP contribution in [-0.4, -0.2) is 35.4 Å². The van der Waals surface area contributed by atoms with Gasteiger partial charge >= 0.3 is 5.97 Å². The highest BCUT2D eigenvalue weighted by Crippen LogP contribution is 2.23. The van der Waals surface area contributed by atoms with Crippen molar-refractivity contribution in [3.05, 3.63) is 63.9 Å². The van der Waals surface area contributed by atoms with Crippen molar-refractivity contribution in [2.24, 2.45) is 0 Å². The van der Waals surface area contributed by atoms with Crippen LogP contribution in [0.5, 0.6) is 0 Å². The first-order chi connectivity index (χ1) is 11.5. The number of carbonyl (C=O) groups excluding carboxylic acids is 2. The highest BCUT2D eigenvalue weighted by Gasteiger charge is 2.18. The molecule has 5 nitrogen and oxygen atoms in total. The van der Waals surface area contributed by atoms with Crippen molar-refractivity contribution >= 4 is 35.1 Å². The third-order valence-corrected chi connectivity index (χ3v) is 4.10. The molecule has 1 heterocycles. The van der Waals surface area contributed by atoms with Crippen molar-refractivity contribution in [2.75, 3.05) is 13.7 Å². The molecule has 2 aromatic rings. The zero-order valence-electron chi connectivity index (χ0n) is 13.0. The molecule has 0 atom stereocenters. The molecule has 0 unspecified atom stereocenters. The molecule has 0 saturated heterocycles. The average molecular weight is 367 g/mol. The molecule has 24 heavy (non-hydrogen) atoms. The molecule has 0 spiro atoms. The summed E-state index contributed by atoms with van der Waals surface area (Å²) in [5, 5.41) is 0.679. The van der Waals surface area contributed by atoms with E-state index in [0.717, 1.165) is 5.56 Å². The standard InChI is InChI=1S/C17H16Cl2N2O3/c1-24-16(22)6-8-21(11-12-3-2-7-20-10-12)17(23)13-4-5-14(18)15(19)9-13/h2-5,7,9-10H,6,8,11H2,1H3. The highest BCUT2D eigenvalue weighted by atomic mass is 35.5. The SMILES string of the molecule is COC(=O)CCN(Cc1cccnc1)C(=O)c1ccc(Cl)c(Cl)c1. The second-order valence-corrected chi connectivity index (χ2v) is 5.86. The number of amides is 1. The largest absolute Gasteiger partial charge is 0.469 e. The van der Waals surface area contributed by atoms with E-state index in [1.807, 2.05) is 6.07 Å². The lowest BCUT2D eigenvalue weighted by atomic mass is 10.1. The molecule has 0 saturated carbocycles. The van der Waals surface area contributed by atoms with Gasteiger partial charge in [-0.2, -0.15) is 0 Å². The summed E-state index contributed by atoms with van der Waals surface area (Å²) < 4.78 is 4.64. The summed E-state index contributed by atoms with van der Waals surface area (Å²) in [6.45, 7) is 0.546. The average Bonchev–Trinajstić information content (AvgIpc) is 2.60. The second kappa shape index (κ2) is 8.66. The smallest absolute Gasteiger partial charge is 0.307 e. The number of hydrogen-bond acceptors (Lipinski definition) is 4. The van der Waals surface area contributed by atoms with Gasteiger partial charge < -0.3 is 9.64 Å². The Morgan fingerprint density at radius 3 is 2.62 bits per heavy atom. The zero-order valence-corrected chi connectivity index (χ0v) is 14.5. The van der Waals surface area contributed by atoms with Crippen LogP contribution in [0.25, 0.3) is 0 Å². The summed E-state index contributed by atoms with van der Waals surface area (Å²) in [5.74, 6) is -0.630. The summed E-state index contributed by atoms with van der Waals surface area (Å²) in [7, 11) is 1.31. The van der Waals surface area contributed by atoms with E-state index >= 15 is 0 Å². The Hall–Kier alpha value is -2.11. The molecule has 1 aromatic heterocycles. The third-order valence-electron chi connectivity index (χ3n) is 3.36. The quantitative estimate of drug-likeness (QED) is 0.732. The van der Waals surface area contributed by atoms with Crippen molar-refractivity contribution in [3.8, 4) is 0 Å². The number of benzene rings is 1. The fourth-order valence-corrected chi connectivity index (χ4v) is 2.40. The molecule has 0 aliphatic heterocycles. The van der Waals surface area contributed by atoms with E-state index in [0.29, 0.717) is 22.2 Å². The van der Waals surface area contributed by atoms with Crippen molar-refractivity contribution in [1.82, 2.24) is 9.88 Å². The van der Waals surface area contributed by atoms with Crippen LogP contribution in [0.3, 0.4) is 0 Å². The lowest BCUT2D eigenvalue weighted by Crippen LogP contribution is -2.32. The predicted octanol–water partition coefficient (Wildman–Crippen LogP) is 3.59. The second-order valence-electron chi connectivity index (χ2n) is 5.04. The van der Waals surface area contributed by atoms with Crippen molar-refractivity contribution < 1.29 is 14.3 Å². The zero-order chi connectivity index (χ0) is 17.5. The number of pyridine rings is 1.